The van der Waals surface area contributed by atoms with Gasteiger partial charge in [-0.25, -0.2) is 0 Å². The smallest absolute Gasteiger partial charge is 0.277 e. The number of aromatic nitrogens is 2. The second-order valence-electron chi connectivity index (χ2n) is 4.00. The zero-order chi connectivity index (χ0) is 13.1. The van der Waals surface area contributed by atoms with Crippen molar-refractivity contribution in [2.75, 3.05) is 5.32 Å². The number of halogens is 1. The first kappa shape index (κ1) is 13.1. The van der Waals surface area contributed by atoms with Crippen molar-refractivity contribution < 1.29 is 4.79 Å². The summed E-state index contributed by atoms with van der Waals surface area (Å²) >= 11 is 2.11. The molecule has 1 amide bonds. The van der Waals surface area contributed by atoms with Gasteiger partial charge >= 0.3 is 0 Å². The maximum atomic E-state index is 12.0. The molecule has 0 aliphatic carbocycles. The molecule has 1 aromatic heterocycles. The number of benzene rings is 1. The number of carbonyl (C=O) groups is 1. The summed E-state index contributed by atoms with van der Waals surface area (Å²) < 4.78 is 2.48. The average Bonchev–Trinajstić information content (AvgIpc) is 2.69. The highest BCUT2D eigenvalue weighted by Gasteiger charge is 2.14. The van der Waals surface area contributed by atoms with Crippen LogP contribution in [0.5, 0.6) is 0 Å². The summed E-state index contributed by atoms with van der Waals surface area (Å²) in [4.78, 5) is 12.0. The zero-order valence-electron chi connectivity index (χ0n) is 10.3. The number of anilines is 1. The first-order chi connectivity index (χ1) is 8.60. The van der Waals surface area contributed by atoms with Crippen molar-refractivity contribution in [2.45, 2.75) is 13.3 Å². The predicted molar refractivity (Wildman–Crippen MR) is 79.7 cm³/mol. The normalized spacial score (nSPS) is 10.4. The molecule has 1 heterocycles. The van der Waals surface area contributed by atoms with Crippen molar-refractivity contribution in [3.63, 3.8) is 0 Å². The van der Waals surface area contributed by atoms with Crippen LogP contribution >= 0.6 is 22.6 Å². The van der Waals surface area contributed by atoms with E-state index in [9.17, 15) is 4.79 Å². The fraction of sp³-hybridized carbons (Fsp3) is 0.231. The minimum Gasteiger partial charge on any atom is -0.321 e. The van der Waals surface area contributed by atoms with Gasteiger partial charge in [-0.2, -0.15) is 5.10 Å². The summed E-state index contributed by atoms with van der Waals surface area (Å²) in [6.45, 7) is 2.10. The van der Waals surface area contributed by atoms with Crippen LogP contribution in [-0.4, -0.2) is 15.7 Å². The first-order valence-electron chi connectivity index (χ1n) is 5.69. The van der Waals surface area contributed by atoms with Crippen LogP contribution in [0.4, 0.5) is 5.69 Å². The van der Waals surface area contributed by atoms with Crippen molar-refractivity contribution in [1.29, 1.82) is 0 Å². The molecular formula is C13H14IN3O. The number of rotatable bonds is 3. The van der Waals surface area contributed by atoms with Crippen LogP contribution in [0.1, 0.15) is 23.0 Å². The highest BCUT2D eigenvalue weighted by molar-refractivity contribution is 14.1. The number of carbonyl (C=O) groups excluding carboxylic acids is 1. The quantitative estimate of drug-likeness (QED) is 0.861. The van der Waals surface area contributed by atoms with Gasteiger partial charge in [0.15, 0.2) is 5.69 Å². The molecule has 18 heavy (non-hydrogen) atoms. The van der Waals surface area contributed by atoms with Crippen LogP contribution in [0.25, 0.3) is 0 Å². The van der Waals surface area contributed by atoms with Crippen LogP contribution in [0.2, 0.25) is 0 Å². The monoisotopic (exact) mass is 355 g/mol. The van der Waals surface area contributed by atoms with Crippen molar-refractivity contribution in [2.24, 2.45) is 7.05 Å². The Balaban J connectivity index is 2.13. The van der Waals surface area contributed by atoms with E-state index in [0.29, 0.717) is 5.69 Å². The Bertz CT molecular complexity index is 560. The van der Waals surface area contributed by atoms with Crippen LogP contribution in [0, 0.1) is 3.57 Å². The molecule has 0 bridgehead atoms. The van der Waals surface area contributed by atoms with E-state index in [1.54, 1.807) is 11.7 Å². The highest BCUT2D eigenvalue weighted by atomic mass is 127. The van der Waals surface area contributed by atoms with E-state index in [1.807, 2.05) is 30.5 Å². The SMILES string of the molecule is CCc1ccc(NC(=O)c2nn(C)cc2I)cc1. The highest BCUT2D eigenvalue weighted by Crippen LogP contribution is 2.14. The van der Waals surface area contributed by atoms with Gasteiger partial charge in [-0.1, -0.05) is 19.1 Å². The first-order valence-corrected chi connectivity index (χ1v) is 6.77. The van der Waals surface area contributed by atoms with E-state index in [-0.39, 0.29) is 5.91 Å². The molecule has 2 aromatic rings. The number of nitrogens with one attached hydrogen (secondary N) is 1. The summed E-state index contributed by atoms with van der Waals surface area (Å²) in [5.74, 6) is -0.177. The molecule has 1 aromatic carbocycles. The third-order valence-electron chi connectivity index (χ3n) is 2.62. The van der Waals surface area contributed by atoms with Crippen LogP contribution < -0.4 is 5.32 Å². The lowest BCUT2D eigenvalue weighted by Gasteiger charge is -2.04. The summed E-state index contributed by atoms with van der Waals surface area (Å²) in [5.41, 5.74) is 2.50. The van der Waals surface area contributed by atoms with Gasteiger partial charge in [-0.3, -0.25) is 9.48 Å². The Morgan fingerprint density at radius 1 is 1.39 bits per heavy atom. The Labute approximate surface area is 120 Å². The van der Waals surface area contributed by atoms with E-state index in [4.69, 9.17) is 0 Å². The number of nitrogens with zero attached hydrogens (tertiary/aromatic N) is 2. The van der Waals surface area contributed by atoms with Crippen molar-refractivity contribution in [3.05, 3.63) is 45.3 Å². The number of aryl methyl sites for hydroxylation is 2. The Kier molecular flexibility index (Phi) is 4.00. The number of hydrogen-bond donors (Lipinski definition) is 1. The van der Waals surface area contributed by atoms with Crippen molar-refractivity contribution in [1.82, 2.24) is 9.78 Å². The second-order valence-corrected chi connectivity index (χ2v) is 5.17. The lowest BCUT2D eigenvalue weighted by atomic mass is 10.1. The fourth-order valence-electron chi connectivity index (χ4n) is 1.63. The van der Waals surface area contributed by atoms with Gasteiger partial charge in [0.1, 0.15) is 0 Å². The predicted octanol–water partition coefficient (Wildman–Crippen LogP) is 2.84. The summed E-state index contributed by atoms with van der Waals surface area (Å²) in [7, 11) is 1.80. The molecule has 0 saturated carbocycles. The van der Waals surface area contributed by atoms with Gasteiger partial charge in [0.25, 0.3) is 5.91 Å². The lowest BCUT2D eigenvalue weighted by Crippen LogP contribution is -2.14. The van der Waals surface area contributed by atoms with Gasteiger partial charge in [0.05, 0.1) is 3.57 Å². The summed E-state index contributed by atoms with van der Waals surface area (Å²) in [6.07, 6.45) is 2.81. The minimum atomic E-state index is -0.177. The number of amides is 1. The van der Waals surface area contributed by atoms with E-state index in [1.165, 1.54) is 5.56 Å². The molecule has 0 saturated heterocycles. The van der Waals surface area contributed by atoms with Crippen molar-refractivity contribution >= 4 is 34.2 Å². The topological polar surface area (TPSA) is 46.9 Å². The molecule has 94 valence electrons. The molecule has 0 atom stereocenters. The Morgan fingerprint density at radius 3 is 2.56 bits per heavy atom. The number of hydrogen-bond acceptors (Lipinski definition) is 2. The van der Waals surface area contributed by atoms with Crippen molar-refractivity contribution in [3.8, 4) is 0 Å². The molecule has 2 rings (SSSR count). The third-order valence-corrected chi connectivity index (χ3v) is 3.41. The van der Waals surface area contributed by atoms with E-state index < -0.39 is 0 Å². The van der Waals surface area contributed by atoms with Gasteiger partial charge in [0.2, 0.25) is 0 Å². The maximum Gasteiger partial charge on any atom is 0.277 e. The molecule has 4 nitrogen and oxygen atoms in total. The third kappa shape index (κ3) is 2.90. The van der Waals surface area contributed by atoms with Gasteiger partial charge in [-0.05, 0) is 46.7 Å². The van der Waals surface area contributed by atoms with Gasteiger partial charge in [-0.15, -0.1) is 0 Å². The molecule has 0 fully saturated rings. The molecule has 0 spiro atoms. The molecular weight excluding hydrogens is 341 g/mol. The zero-order valence-corrected chi connectivity index (χ0v) is 12.4. The molecule has 0 aliphatic heterocycles. The minimum absolute atomic E-state index is 0.177. The average molecular weight is 355 g/mol. The van der Waals surface area contributed by atoms with E-state index >= 15 is 0 Å². The molecule has 5 heteroatoms. The van der Waals surface area contributed by atoms with Crippen LogP contribution in [0.15, 0.2) is 30.5 Å². The lowest BCUT2D eigenvalue weighted by molar-refractivity contribution is 0.102. The van der Waals surface area contributed by atoms with E-state index in [2.05, 4.69) is 39.9 Å². The van der Waals surface area contributed by atoms with Crippen LogP contribution in [0.3, 0.4) is 0 Å². The van der Waals surface area contributed by atoms with Gasteiger partial charge < -0.3 is 5.32 Å². The van der Waals surface area contributed by atoms with Gasteiger partial charge in [0, 0.05) is 18.9 Å². The standard InChI is InChI=1S/C13H14IN3O/c1-3-9-4-6-10(7-5-9)15-13(18)12-11(14)8-17(2)16-12/h4-8H,3H2,1-2H3,(H,15,18). The molecule has 1 N–H and O–H groups in total. The Morgan fingerprint density at radius 2 is 2.06 bits per heavy atom. The molecule has 0 unspecified atom stereocenters. The molecule has 0 radical (unpaired) electrons. The second kappa shape index (κ2) is 5.51. The van der Waals surface area contributed by atoms with E-state index in [0.717, 1.165) is 15.7 Å². The fourth-order valence-corrected chi connectivity index (χ4v) is 2.38. The molecule has 0 aliphatic rings. The largest absolute Gasteiger partial charge is 0.321 e. The summed E-state index contributed by atoms with van der Waals surface area (Å²) in [6, 6.07) is 7.84. The Hall–Kier alpha value is -1.37. The summed E-state index contributed by atoms with van der Waals surface area (Å²) in [5, 5.41) is 6.98. The maximum absolute atomic E-state index is 12.0. The van der Waals surface area contributed by atoms with Crippen LogP contribution in [-0.2, 0) is 13.5 Å².